The van der Waals surface area contributed by atoms with Gasteiger partial charge in [0.1, 0.15) is 6.10 Å². The van der Waals surface area contributed by atoms with Gasteiger partial charge in [-0.15, -0.1) is 11.3 Å². The van der Waals surface area contributed by atoms with Gasteiger partial charge in [-0.2, -0.15) is 8.78 Å². The first-order chi connectivity index (χ1) is 13.9. The lowest BCUT2D eigenvalue weighted by Crippen LogP contribution is -2.47. The molecule has 0 aliphatic carbocycles. The van der Waals surface area contributed by atoms with E-state index in [-0.39, 0.29) is 24.6 Å². The third-order valence-electron chi connectivity index (χ3n) is 5.32. The highest BCUT2D eigenvalue weighted by Gasteiger charge is 2.41. The van der Waals surface area contributed by atoms with Gasteiger partial charge in [-0.3, -0.25) is 0 Å². The van der Waals surface area contributed by atoms with Gasteiger partial charge in [0, 0.05) is 34.3 Å². The molecule has 1 aromatic heterocycles. The van der Waals surface area contributed by atoms with E-state index >= 15 is 0 Å². The quantitative estimate of drug-likeness (QED) is 0.608. The molecule has 1 aliphatic heterocycles. The number of halogens is 2. The van der Waals surface area contributed by atoms with E-state index in [1.165, 1.54) is 34.0 Å². The third kappa shape index (κ3) is 5.54. The lowest BCUT2D eigenvalue weighted by Gasteiger charge is -2.36. The second-order valence-corrected chi connectivity index (χ2v) is 8.82. The third-order valence-corrected chi connectivity index (χ3v) is 6.38. The predicted octanol–water partition coefficient (Wildman–Crippen LogP) is 5.13. The smallest absolute Gasteiger partial charge is 0.410 e. The average Bonchev–Trinajstić information content (AvgIpc) is 3.13. The minimum absolute atomic E-state index is 0.0829. The van der Waals surface area contributed by atoms with Gasteiger partial charge in [0.2, 0.25) is 0 Å². The van der Waals surface area contributed by atoms with Crippen molar-refractivity contribution in [2.24, 2.45) is 0 Å². The van der Waals surface area contributed by atoms with E-state index < -0.39 is 18.1 Å². The van der Waals surface area contributed by atoms with Crippen molar-refractivity contribution in [3.8, 4) is 0 Å². The van der Waals surface area contributed by atoms with Crippen LogP contribution in [0, 0.1) is 6.92 Å². The number of cyclic esters (lactones) is 1. The van der Waals surface area contributed by atoms with E-state index in [1.807, 2.05) is 0 Å². The molecule has 1 fully saturated rings. The number of aliphatic hydroxyl groups excluding tert-OH is 1. The Kier molecular flexibility index (Phi) is 7.24. The highest BCUT2D eigenvalue weighted by atomic mass is 32.1. The number of carbonyl (C=O) groups excluding carboxylic acids is 1. The molecule has 1 N–H and O–H groups in total. The summed E-state index contributed by atoms with van der Waals surface area (Å²) in [5.74, 6) is -3.32. The maximum Gasteiger partial charge on any atom is 0.410 e. The van der Waals surface area contributed by atoms with Crippen molar-refractivity contribution in [1.29, 1.82) is 0 Å². The number of benzene rings is 1. The number of hydrogen-bond donors (Lipinski definition) is 1. The minimum Gasteiger partial charge on any atom is -0.449 e. The van der Waals surface area contributed by atoms with Crippen LogP contribution in [0.4, 0.5) is 13.6 Å². The molecule has 158 valence electrons. The van der Waals surface area contributed by atoms with Gasteiger partial charge in [-0.05, 0) is 44.7 Å². The summed E-state index contributed by atoms with van der Waals surface area (Å²) in [6, 6.07) is 11.3. The van der Waals surface area contributed by atoms with E-state index in [4.69, 9.17) is 4.74 Å². The largest absolute Gasteiger partial charge is 0.449 e. The van der Waals surface area contributed by atoms with Crippen molar-refractivity contribution < 1.29 is 23.4 Å². The second-order valence-electron chi connectivity index (χ2n) is 7.45. The van der Waals surface area contributed by atoms with Gasteiger partial charge in [-0.25, -0.2) is 4.79 Å². The molecule has 0 spiro atoms. The highest BCUT2D eigenvalue weighted by molar-refractivity contribution is 7.11. The van der Waals surface area contributed by atoms with E-state index in [9.17, 15) is 18.7 Å². The van der Waals surface area contributed by atoms with Gasteiger partial charge < -0.3 is 14.7 Å². The number of carbonyl (C=O) groups is 1. The molecule has 2 aromatic rings. The fourth-order valence-corrected chi connectivity index (χ4v) is 4.60. The van der Waals surface area contributed by atoms with E-state index in [2.05, 4.69) is 19.1 Å². The monoisotopic (exact) mass is 423 g/mol. The first kappa shape index (κ1) is 21.7. The van der Waals surface area contributed by atoms with Crippen LogP contribution >= 0.6 is 11.3 Å². The molecule has 2 heterocycles. The maximum atomic E-state index is 14.5. The van der Waals surface area contributed by atoms with Crippen LogP contribution in [0.15, 0.2) is 42.5 Å². The van der Waals surface area contributed by atoms with Gasteiger partial charge >= 0.3 is 6.09 Å². The van der Waals surface area contributed by atoms with Crippen LogP contribution in [-0.2, 0) is 17.1 Å². The van der Waals surface area contributed by atoms with Crippen LogP contribution in [0.1, 0.15) is 41.0 Å². The summed E-state index contributed by atoms with van der Waals surface area (Å²) >= 11 is 1.74. The molecule has 1 saturated heterocycles. The van der Waals surface area contributed by atoms with Crippen LogP contribution in [0.3, 0.4) is 0 Å². The molecule has 29 heavy (non-hydrogen) atoms. The molecule has 0 bridgehead atoms. The van der Waals surface area contributed by atoms with Gasteiger partial charge in [0.25, 0.3) is 5.92 Å². The zero-order chi connectivity index (χ0) is 20.9. The summed E-state index contributed by atoms with van der Waals surface area (Å²) < 4.78 is 34.2. The number of rotatable bonds is 9. The van der Waals surface area contributed by atoms with E-state index in [0.29, 0.717) is 19.4 Å². The summed E-state index contributed by atoms with van der Waals surface area (Å²) in [7, 11) is 0. The van der Waals surface area contributed by atoms with Crippen LogP contribution < -0.4 is 0 Å². The molecule has 4 nitrogen and oxygen atoms in total. The number of aryl methyl sites for hydroxylation is 2. The molecule has 1 aliphatic rings. The minimum atomic E-state index is -3.32. The standard InChI is InChI=1S/C22H27F2NO3S/c1-16-9-11-19(29-16)8-5-14-25-18(13-15-28-21(25)27)10-12-20(26)22(23,24)17-6-3-2-4-7-17/h2-4,6-7,9,11,18,20,26H,5,8,10,12-15H2,1H3/t18-,20?/m0/s1. The Morgan fingerprint density at radius 3 is 2.72 bits per heavy atom. The zero-order valence-electron chi connectivity index (χ0n) is 16.5. The summed E-state index contributed by atoms with van der Waals surface area (Å²) in [6.45, 7) is 2.86. The lowest BCUT2D eigenvalue weighted by molar-refractivity contribution is -0.120. The topological polar surface area (TPSA) is 49.8 Å². The molecule has 0 radical (unpaired) electrons. The van der Waals surface area contributed by atoms with Gasteiger partial charge in [0.05, 0.1) is 6.61 Å². The number of amides is 1. The molecular formula is C22H27F2NO3S. The van der Waals surface area contributed by atoms with Gasteiger partial charge in [-0.1, -0.05) is 30.3 Å². The fourth-order valence-electron chi connectivity index (χ4n) is 3.67. The molecule has 7 heteroatoms. The summed E-state index contributed by atoms with van der Waals surface area (Å²) in [6.07, 6.45) is 0.287. The fraction of sp³-hybridized carbons (Fsp3) is 0.500. The Bertz CT molecular complexity index is 796. The van der Waals surface area contributed by atoms with Crippen LogP contribution in [-0.4, -0.2) is 41.4 Å². The molecular weight excluding hydrogens is 396 g/mol. The number of ether oxygens (including phenoxy) is 1. The van der Waals surface area contributed by atoms with Crippen LogP contribution in [0.25, 0.3) is 0 Å². The predicted molar refractivity (Wildman–Crippen MR) is 109 cm³/mol. The number of aliphatic hydroxyl groups is 1. The zero-order valence-corrected chi connectivity index (χ0v) is 17.3. The Labute approximate surface area is 174 Å². The Morgan fingerprint density at radius 2 is 2.03 bits per heavy atom. The second kappa shape index (κ2) is 9.67. The van der Waals surface area contributed by atoms with Crippen LogP contribution in [0.2, 0.25) is 0 Å². The number of hydrogen-bond acceptors (Lipinski definition) is 4. The van der Waals surface area contributed by atoms with Gasteiger partial charge in [0.15, 0.2) is 0 Å². The summed E-state index contributed by atoms with van der Waals surface area (Å²) in [5, 5.41) is 10.2. The Morgan fingerprint density at radius 1 is 1.28 bits per heavy atom. The number of thiophene rings is 1. The van der Waals surface area contributed by atoms with E-state index in [0.717, 1.165) is 12.8 Å². The molecule has 3 rings (SSSR count). The highest BCUT2D eigenvalue weighted by Crippen LogP contribution is 2.34. The molecule has 0 saturated carbocycles. The first-order valence-electron chi connectivity index (χ1n) is 9.98. The van der Waals surface area contributed by atoms with Crippen molar-refractivity contribution in [1.82, 2.24) is 4.90 Å². The van der Waals surface area contributed by atoms with E-state index in [1.54, 1.807) is 22.3 Å². The Hall–Kier alpha value is -1.99. The lowest BCUT2D eigenvalue weighted by atomic mass is 9.96. The van der Waals surface area contributed by atoms with Crippen molar-refractivity contribution in [3.63, 3.8) is 0 Å². The van der Waals surface area contributed by atoms with Crippen LogP contribution in [0.5, 0.6) is 0 Å². The molecule has 1 aromatic carbocycles. The summed E-state index contributed by atoms with van der Waals surface area (Å²) in [5.41, 5.74) is -0.196. The van der Waals surface area contributed by atoms with Crippen molar-refractivity contribution >= 4 is 17.4 Å². The van der Waals surface area contributed by atoms with Crippen molar-refractivity contribution in [2.75, 3.05) is 13.2 Å². The normalized spacial score (nSPS) is 18.6. The number of nitrogens with zero attached hydrogens (tertiary/aromatic N) is 1. The number of alkyl halides is 2. The Balaban J connectivity index is 1.55. The van der Waals surface area contributed by atoms with Crippen molar-refractivity contribution in [2.45, 2.75) is 57.1 Å². The molecule has 2 atom stereocenters. The maximum absolute atomic E-state index is 14.5. The molecule has 1 unspecified atom stereocenters. The molecule has 1 amide bonds. The SMILES string of the molecule is Cc1ccc(CCCN2C(=O)OCC[C@@H]2CCC(O)C(F)(F)c2ccccc2)s1. The average molecular weight is 424 g/mol. The summed E-state index contributed by atoms with van der Waals surface area (Å²) in [4.78, 5) is 16.4. The van der Waals surface area contributed by atoms with Crippen molar-refractivity contribution in [3.05, 3.63) is 57.8 Å². The first-order valence-corrected chi connectivity index (χ1v) is 10.8.